The molecule has 0 amide bonds. The maximum Gasteiger partial charge on any atom is 0.319 e. The van der Waals surface area contributed by atoms with Crippen LogP contribution in [0.15, 0.2) is 35.3 Å². The number of piperazine rings is 1. The minimum absolute atomic E-state index is 0.0475. The molecule has 2 bridgehead atoms. The smallest absolute Gasteiger partial charge is 0.319 e. The predicted octanol–water partition coefficient (Wildman–Crippen LogP) is 3.21. The number of benzene rings is 2. The van der Waals surface area contributed by atoms with Crippen LogP contribution in [0.5, 0.6) is 11.8 Å². The molecule has 224 valence electrons. The van der Waals surface area contributed by atoms with Crippen LogP contribution in [-0.2, 0) is 0 Å². The van der Waals surface area contributed by atoms with Gasteiger partial charge in [0.25, 0.3) is 5.56 Å². The van der Waals surface area contributed by atoms with Crippen molar-refractivity contribution >= 4 is 27.5 Å². The Bertz CT molecular complexity index is 2060. The van der Waals surface area contributed by atoms with Crippen LogP contribution in [-0.4, -0.2) is 86.2 Å². The number of hydrogen-bond acceptors (Lipinski definition) is 9. The van der Waals surface area contributed by atoms with Gasteiger partial charge in [0.1, 0.15) is 29.8 Å². The summed E-state index contributed by atoms with van der Waals surface area (Å²) in [6.07, 6.45) is -0.579. The second kappa shape index (κ2) is 9.78. The monoisotopic (exact) mass is 598 g/mol. The minimum Gasteiger partial charge on any atom is -0.508 e. The average Bonchev–Trinajstić information content (AvgIpc) is 3.48. The first kappa shape index (κ1) is 21.7. The third-order valence-electron chi connectivity index (χ3n) is 8.93. The number of aromatic nitrogens is 4. The molecule has 7 heterocycles. The topological polar surface area (TPSA) is 109 Å². The molecule has 5 saturated heterocycles. The highest BCUT2D eigenvalue weighted by Crippen LogP contribution is 2.41. The Kier molecular flexibility index (Phi) is 4.93. The van der Waals surface area contributed by atoms with Crippen LogP contribution in [0.2, 0.25) is 0 Å². The molecule has 10 nitrogen and oxygen atoms in total. The largest absolute Gasteiger partial charge is 0.508 e. The quantitative estimate of drug-likeness (QED) is 0.358. The lowest BCUT2D eigenvalue weighted by molar-refractivity contribution is 0.107. The number of hydrogen-bond donors (Lipinski definition) is 2. The van der Waals surface area contributed by atoms with Gasteiger partial charge in [0, 0.05) is 52.3 Å². The lowest BCUT2D eigenvalue weighted by Gasteiger charge is -2.46. The van der Waals surface area contributed by atoms with E-state index >= 15 is 8.78 Å². The van der Waals surface area contributed by atoms with E-state index in [1.807, 2.05) is 4.90 Å². The molecule has 2 N–H and O–H groups in total. The molecular weight excluding hydrogens is 563 g/mol. The zero-order chi connectivity index (χ0) is 34.0. The summed E-state index contributed by atoms with van der Waals surface area (Å²) in [5.41, 5.74) is -3.37. The van der Waals surface area contributed by atoms with Gasteiger partial charge in [-0.05, 0) is 49.7 Å². The summed E-state index contributed by atoms with van der Waals surface area (Å²) >= 11 is 0. The zero-order valence-corrected chi connectivity index (χ0v) is 22.8. The van der Waals surface area contributed by atoms with Crippen LogP contribution in [0.25, 0.3) is 27.4 Å². The molecule has 5 aliphatic heterocycles. The highest BCUT2D eigenvalue weighted by molar-refractivity contribution is 5.93. The maximum atomic E-state index is 15.2. The minimum atomic E-state index is -2.83. The standard InChI is InChI=1S/C30H30F3N7O3/c31-17-10-30(6-1-7-38(30)13-17)15-43-29-36-26-21(27(37-29)39-14-18-3-4-19(39)11-34-18)12-35-40(28(26)42)23-9-20(41)8-16-2-5-22(32)25(33)24(16)23/h2,5,8-9,12,17-19,34,41H,1,3-4,6-7,10-11,13-15H2/t17-,18?,19?,30+/m1/s1/i7D2,15D2,17D. The van der Waals surface area contributed by atoms with Gasteiger partial charge in [-0.25, -0.2) is 13.2 Å². The Morgan fingerprint density at radius 1 is 1.26 bits per heavy atom. The van der Waals surface area contributed by atoms with E-state index in [2.05, 4.69) is 20.4 Å². The number of alkyl halides is 1. The fourth-order valence-corrected chi connectivity index (χ4v) is 6.82. The average molecular weight is 599 g/mol. The summed E-state index contributed by atoms with van der Waals surface area (Å²) in [6, 6.07) is 3.89. The van der Waals surface area contributed by atoms with Crippen molar-refractivity contribution in [2.75, 3.05) is 37.6 Å². The fourth-order valence-electron chi connectivity index (χ4n) is 6.82. The number of nitrogens with zero attached hydrogens (tertiary/aromatic N) is 6. The second-order valence-corrected chi connectivity index (χ2v) is 11.5. The van der Waals surface area contributed by atoms with E-state index in [4.69, 9.17) is 11.6 Å². The van der Waals surface area contributed by atoms with Gasteiger partial charge in [0.2, 0.25) is 0 Å². The Morgan fingerprint density at radius 3 is 2.93 bits per heavy atom. The number of aromatic hydroxyl groups is 1. The zero-order valence-electron chi connectivity index (χ0n) is 27.8. The van der Waals surface area contributed by atoms with Crippen molar-refractivity contribution in [3.63, 3.8) is 0 Å². The number of halogens is 3. The van der Waals surface area contributed by atoms with E-state index in [1.54, 1.807) is 0 Å². The van der Waals surface area contributed by atoms with Gasteiger partial charge in [-0.3, -0.25) is 9.69 Å². The molecule has 0 spiro atoms. The molecule has 9 rings (SSSR count). The van der Waals surface area contributed by atoms with E-state index < -0.39 is 60.9 Å². The van der Waals surface area contributed by atoms with Crippen LogP contribution in [0.1, 0.15) is 39.0 Å². The number of ether oxygens (including phenoxy) is 1. The first-order valence-electron chi connectivity index (χ1n) is 16.7. The third-order valence-corrected chi connectivity index (χ3v) is 8.93. The van der Waals surface area contributed by atoms with Crippen LogP contribution < -0.4 is 20.5 Å². The summed E-state index contributed by atoms with van der Waals surface area (Å²) < 4.78 is 94.1. The van der Waals surface area contributed by atoms with Crippen molar-refractivity contribution < 1.29 is 29.9 Å². The van der Waals surface area contributed by atoms with Gasteiger partial charge in [-0.15, -0.1) is 0 Å². The van der Waals surface area contributed by atoms with E-state index in [-0.39, 0.29) is 63.9 Å². The summed E-state index contributed by atoms with van der Waals surface area (Å²) in [4.78, 5) is 26.0. The molecule has 43 heavy (non-hydrogen) atoms. The molecule has 5 fully saturated rings. The summed E-state index contributed by atoms with van der Waals surface area (Å²) in [6.45, 7) is -4.48. The molecule has 13 heteroatoms. The third kappa shape index (κ3) is 4.23. The van der Waals surface area contributed by atoms with E-state index in [1.165, 1.54) is 18.3 Å². The molecule has 2 unspecified atom stereocenters. The SMILES string of the molecule is [2H]C1([2H])CC[C@@]2(C([2H])([2H])Oc3nc(N4CC5CCC4CN5)c4cnn(-c5cc(O)cc6ccc(F)c(F)c56)c(=O)c4n3)C[C@@]([2H])(F)CN12. The lowest BCUT2D eigenvalue weighted by atomic mass is 9.93. The Morgan fingerprint density at radius 2 is 2.14 bits per heavy atom. The van der Waals surface area contributed by atoms with Gasteiger partial charge >= 0.3 is 6.01 Å². The van der Waals surface area contributed by atoms with Crippen LogP contribution >= 0.6 is 0 Å². The van der Waals surface area contributed by atoms with E-state index in [0.29, 0.717) is 13.1 Å². The van der Waals surface area contributed by atoms with Gasteiger partial charge in [-0.2, -0.15) is 19.7 Å². The number of phenols is 1. The Balaban J connectivity index is 1.31. The Labute approximate surface area is 251 Å². The van der Waals surface area contributed by atoms with Crippen molar-refractivity contribution in [2.24, 2.45) is 0 Å². The molecule has 0 saturated carbocycles. The summed E-state index contributed by atoms with van der Waals surface area (Å²) in [5, 5.41) is 18.1. The predicted molar refractivity (Wildman–Crippen MR) is 153 cm³/mol. The van der Waals surface area contributed by atoms with Gasteiger partial charge < -0.3 is 20.1 Å². The van der Waals surface area contributed by atoms with Crippen molar-refractivity contribution in [1.82, 2.24) is 30.0 Å². The van der Waals surface area contributed by atoms with E-state index in [9.17, 15) is 14.3 Å². The molecule has 2 aromatic heterocycles. The van der Waals surface area contributed by atoms with Crippen molar-refractivity contribution in [3.8, 4) is 17.4 Å². The van der Waals surface area contributed by atoms with Crippen LogP contribution in [0.4, 0.5) is 19.0 Å². The Hall–Kier alpha value is -3.97. The molecule has 2 aromatic carbocycles. The maximum absolute atomic E-state index is 15.2. The van der Waals surface area contributed by atoms with E-state index in [0.717, 1.165) is 34.6 Å². The molecule has 0 radical (unpaired) electrons. The molecule has 4 aromatic rings. The molecule has 0 aliphatic carbocycles. The highest BCUT2D eigenvalue weighted by Gasteiger charge is 2.49. The number of rotatable bonds is 5. The van der Waals surface area contributed by atoms with Crippen molar-refractivity contribution in [2.45, 2.75) is 55.9 Å². The van der Waals surface area contributed by atoms with Crippen molar-refractivity contribution in [3.05, 3.63) is 52.5 Å². The van der Waals surface area contributed by atoms with Gasteiger partial charge in [0.15, 0.2) is 11.6 Å². The molecule has 5 aliphatic rings. The van der Waals surface area contributed by atoms with Gasteiger partial charge in [-0.1, -0.05) is 6.07 Å². The molecule has 4 atom stereocenters. The lowest BCUT2D eigenvalue weighted by Crippen LogP contribution is -2.61. The normalized spacial score (nSPS) is 31.9. The molecular formula is C30H30F3N7O3. The summed E-state index contributed by atoms with van der Waals surface area (Å²) in [5.74, 6) is -2.56. The van der Waals surface area contributed by atoms with Crippen LogP contribution in [0.3, 0.4) is 0 Å². The van der Waals surface area contributed by atoms with Crippen LogP contribution in [0, 0.1) is 11.6 Å². The number of piperidine rings is 2. The first-order valence-corrected chi connectivity index (χ1v) is 14.2. The van der Waals surface area contributed by atoms with Gasteiger partial charge in [0.05, 0.1) is 26.9 Å². The highest BCUT2D eigenvalue weighted by atomic mass is 19.2. The number of phenolic OH excluding ortho intramolecular Hbond substituents is 1. The second-order valence-electron chi connectivity index (χ2n) is 11.5. The number of fused-ring (bicyclic) bond motifs is 6. The number of nitrogens with one attached hydrogen (secondary N) is 1. The first-order chi connectivity index (χ1) is 22.6. The summed E-state index contributed by atoms with van der Waals surface area (Å²) in [7, 11) is 0. The number of anilines is 1. The van der Waals surface area contributed by atoms with Crippen molar-refractivity contribution in [1.29, 1.82) is 0 Å². The fraction of sp³-hybridized carbons (Fsp3) is 0.467.